The van der Waals surface area contributed by atoms with E-state index in [1.54, 1.807) is 13.8 Å². The summed E-state index contributed by atoms with van der Waals surface area (Å²) < 4.78 is 1.41. The molecule has 2 rings (SSSR count). The molecule has 1 heterocycles. The number of nitro groups is 1. The molecular weight excluding hydrogens is 322 g/mol. The summed E-state index contributed by atoms with van der Waals surface area (Å²) in [4.78, 5) is 22.4. The summed E-state index contributed by atoms with van der Waals surface area (Å²) in [6, 6.07) is 4.81. The lowest BCUT2D eigenvalue weighted by Crippen LogP contribution is -2.24. The number of nitrogens with zero attached hydrogens (tertiary/aromatic N) is 4. The highest BCUT2D eigenvalue weighted by molar-refractivity contribution is 6.31. The van der Waals surface area contributed by atoms with Gasteiger partial charge in [0.1, 0.15) is 12.1 Å². The summed E-state index contributed by atoms with van der Waals surface area (Å²) in [5, 5.41) is 26.9. The summed E-state index contributed by atoms with van der Waals surface area (Å²) in [6.07, 6.45) is 1.53. The average Bonchev–Trinajstić information content (AvgIpc) is 2.85. The van der Waals surface area contributed by atoms with Crippen LogP contribution >= 0.6 is 11.6 Å². The molecule has 8 nitrogen and oxygen atoms in total. The molecule has 0 saturated heterocycles. The molecule has 0 spiro atoms. The van der Waals surface area contributed by atoms with Crippen molar-refractivity contribution in [3.05, 3.63) is 50.8 Å². The zero-order valence-electron chi connectivity index (χ0n) is 12.3. The molecule has 0 aliphatic heterocycles. The molecule has 0 fully saturated rings. The van der Waals surface area contributed by atoms with Crippen molar-refractivity contribution in [3.8, 4) is 6.07 Å². The van der Waals surface area contributed by atoms with Gasteiger partial charge < -0.3 is 5.32 Å². The van der Waals surface area contributed by atoms with Crippen LogP contribution in [0.5, 0.6) is 0 Å². The number of amides is 1. The molecule has 1 N–H and O–H groups in total. The Morgan fingerprint density at radius 2 is 2.26 bits per heavy atom. The van der Waals surface area contributed by atoms with Crippen molar-refractivity contribution in [2.45, 2.75) is 19.9 Å². The van der Waals surface area contributed by atoms with E-state index in [1.807, 2.05) is 6.07 Å². The molecule has 1 aromatic carbocycles. The van der Waals surface area contributed by atoms with Crippen LogP contribution in [0.3, 0.4) is 0 Å². The second-order valence-corrected chi connectivity index (χ2v) is 5.21. The maximum absolute atomic E-state index is 12.3. The van der Waals surface area contributed by atoms with Gasteiger partial charge in [0.2, 0.25) is 5.91 Å². The molecule has 1 atom stereocenters. The first kappa shape index (κ1) is 16.5. The van der Waals surface area contributed by atoms with Crippen molar-refractivity contribution in [1.82, 2.24) is 9.78 Å². The molecule has 0 saturated carbocycles. The van der Waals surface area contributed by atoms with Crippen LogP contribution in [-0.4, -0.2) is 20.6 Å². The van der Waals surface area contributed by atoms with E-state index in [0.29, 0.717) is 10.7 Å². The molecule has 0 aliphatic rings. The third-order valence-corrected chi connectivity index (χ3v) is 3.60. The Hall–Kier alpha value is -2.92. The number of rotatable bonds is 4. The Morgan fingerprint density at radius 1 is 1.57 bits per heavy atom. The molecule has 2 aromatic rings. The van der Waals surface area contributed by atoms with Gasteiger partial charge in [-0.15, -0.1) is 0 Å². The molecule has 1 aromatic heterocycles. The fourth-order valence-electron chi connectivity index (χ4n) is 1.86. The standard InChI is InChI=1S/C14H12ClN5O3/c1-8-12(15)7-19(18-8)9(2)14(21)17-13-4-3-11(20(22)23)5-10(13)6-16/h3-5,7,9H,1-2H3,(H,17,21). The van der Waals surface area contributed by atoms with Gasteiger partial charge in [-0.2, -0.15) is 10.4 Å². The molecule has 1 amide bonds. The van der Waals surface area contributed by atoms with E-state index in [0.717, 1.165) is 6.07 Å². The van der Waals surface area contributed by atoms with Crippen LogP contribution in [0.25, 0.3) is 0 Å². The highest BCUT2D eigenvalue weighted by Crippen LogP contribution is 2.23. The van der Waals surface area contributed by atoms with E-state index in [4.69, 9.17) is 16.9 Å². The SMILES string of the molecule is Cc1nn(C(C)C(=O)Nc2ccc([N+](=O)[O-])cc2C#N)cc1Cl. The van der Waals surface area contributed by atoms with Gasteiger partial charge in [0.05, 0.1) is 26.9 Å². The van der Waals surface area contributed by atoms with Crippen LogP contribution in [0.2, 0.25) is 5.02 Å². The third-order valence-electron chi connectivity index (χ3n) is 3.23. The van der Waals surface area contributed by atoms with E-state index < -0.39 is 16.9 Å². The lowest BCUT2D eigenvalue weighted by molar-refractivity contribution is -0.384. The van der Waals surface area contributed by atoms with Crippen LogP contribution < -0.4 is 5.32 Å². The van der Waals surface area contributed by atoms with Crippen molar-refractivity contribution in [2.24, 2.45) is 0 Å². The van der Waals surface area contributed by atoms with Gasteiger partial charge in [0.25, 0.3) is 5.69 Å². The van der Waals surface area contributed by atoms with Crippen LogP contribution in [0, 0.1) is 28.4 Å². The van der Waals surface area contributed by atoms with Gasteiger partial charge >= 0.3 is 0 Å². The number of halogens is 1. The summed E-state index contributed by atoms with van der Waals surface area (Å²) in [5.41, 5.74) is 0.584. The van der Waals surface area contributed by atoms with Gasteiger partial charge in [0, 0.05) is 18.3 Å². The van der Waals surface area contributed by atoms with E-state index in [-0.39, 0.29) is 16.9 Å². The second kappa shape index (κ2) is 6.46. The van der Waals surface area contributed by atoms with Gasteiger partial charge in [0.15, 0.2) is 0 Å². The van der Waals surface area contributed by atoms with Gasteiger partial charge in [-0.3, -0.25) is 19.6 Å². The number of hydrogen-bond donors (Lipinski definition) is 1. The van der Waals surface area contributed by atoms with Gasteiger partial charge in [-0.25, -0.2) is 0 Å². The number of aryl methyl sites for hydroxylation is 1. The molecular formula is C14H12ClN5O3. The van der Waals surface area contributed by atoms with Crippen molar-refractivity contribution in [1.29, 1.82) is 5.26 Å². The zero-order chi connectivity index (χ0) is 17.1. The van der Waals surface area contributed by atoms with Crippen molar-refractivity contribution in [2.75, 3.05) is 5.32 Å². The van der Waals surface area contributed by atoms with Crippen molar-refractivity contribution in [3.63, 3.8) is 0 Å². The van der Waals surface area contributed by atoms with Crippen molar-refractivity contribution >= 4 is 28.9 Å². The highest BCUT2D eigenvalue weighted by atomic mass is 35.5. The first-order valence-corrected chi connectivity index (χ1v) is 6.92. The number of non-ortho nitro benzene ring substituents is 1. The van der Waals surface area contributed by atoms with E-state index in [1.165, 1.54) is 23.0 Å². The number of nitro benzene ring substituents is 1. The monoisotopic (exact) mass is 333 g/mol. The van der Waals surface area contributed by atoms with E-state index >= 15 is 0 Å². The van der Waals surface area contributed by atoms with Gasteiger partial charge in [-0.1, -0.05) is 11.6 Å². The summed E-state index contributed by atoms with van der Waals surface area (Å²) in [5.74, 6) is -0.422. The minimum atomic E-state index is -0.664. The van der Waals surface area contributed by atoms with Crippen molar-refractivity contribution < 1.29 is 9.72 Å². The first-order valence-electron chi connectivity index (χ1n) is 6.54. The molecule has 0 bridgehead atoms. The Balaban J connectivity index is 2.23. The number of hydrogen-bond acceptors (Lipinski definition) is 5. The molecule has 23 heavy (non-hydrogen) atoms. The number of benzene rings is 1. The number of anilines is 1. The quantitative estimate of drug-likeness (QED) is 0.682. The lowest BCUT2D eigenvalue weighted by atomic mass is 10.1. The van der Waals surface area contributed by atoms with Crippen LogP contribution in [-0.2, 0) is 4.79 Å². The van der Waals surface area contributed by atoms with Crippen LogP contribution in [0.4, 0.5) is 11.4 Å². The number of nitrogens with one attached hydrogen (secondary N) is 1. The Kier molecular flexibility index (Phi) is 4.62. The summed E-state index contributed by atoms with van der Waals surface area (Å²) >= 11 is 5.91. The predicted molar refractivity (Wildman–Crippen MR) is 83.1 cm³/mol. The fourth-order valence-corrected chi connectivity index (χ4v) is 2.00. The van der Waals surface area contributed by atoms with E-state index in [2.05, 4.69) is 10.4 Å². The lowest BCUT2D eigenvalue weighted by Gasteiger charge is -2.13. The molecule has 0 radical (unpaired) electrons. The predicted octanol–water partition coefficient (Wildman–Crippen LogP) is 2.82. The highest BCUT2D eigenvalue weighted by Gasteiger charge is 2.19. The zero-order valence-corrected chi connectivity index (χ0v) is 13.0. The van der Waals surface area contributed by atoms with Crippen LogP contribution in [0.1, 0.15) is 24.2 Å². The smallest absolute Gasteiger partial charge is 0.270 e. The summed E-state index contributed by atoms with van der Waals surface area (Å²) in [6.45, 7) is 3.34. The number of carbonyl (C=O) groups is 1. The largest absolute Gasteiger partial charge is 0.323 e. The fraction of sp³-hybridized carbons (Fsp3) is 0.214. The number of nitriles is 1. The minimum Gasteiger partial charge on any atom is -0.323 e. The number of aromatic nitrogens is 2. The maximum atomic E-state index is 12.3. The molecule has 118 valence electrons. The minimum absolute atomic E-state index is 0.00873. The number of carbonyl (C=O) groups excluding carboxylic acids is 1. The van der Waals surface area contributed by atoms with Crippen LogP contribution in [0.15, 0.2) is 24.4 Å². The Morgan fingerprint density at radius 3 is 2.78 bits per heavy atom. The molecule has 9 heteroatoms. The average molecular weight is 334 g/mol. The normalized spacial score (nSPS) is 11.6. The maximum Gasteiger partial charge on any atom is 0.270 e. The molecule has 1 unspecified atom stereocenters. The topological polar surface area (TPSA) is 114 Å². The van der Waals surface area contributed by atoms with Gasteiger partial charge in [-0.05, 0) is 19.9 Å². The second-order valence-electron chi connectivity index (χ2n) is 4.81. The Labute approximate surface area is 136 Å². The summed E-state index contributed by atoms with van der Waals surface area (Å²) in [7, 11) is 0. The Bertz CT molecular complexity index is 805. The third kappa shape index (κ3) is 3.46. The first-order chi connectivity index (χ1) is 10.8. The van der Waals surface area contributed by atoms with E-state index in [9.17, 15) is 14.9 Å². The molecule has 0 aliphatic carbocycles.